The quantitative estimate of drug-likeness (QED) is 0.794. The minimum absolute atomic E-state index is 0.0561. The molecule has 1 aromatic rings. The predicted molar refractivity (Wildman–Crippen MR) is 79.4 cm³/mol. The molecule has 0 N–H and O–H groups in total. The maximum Gasteiger partial charge on any atom is 0.256 e. The van der Waals surface area contributed by atoms with E-state index in [4.69, 9.17) is 4.84 Å². The van der Waals surface area contributed by atoms with Crippen LogP contribution in [-0.2, 0) is 19.8 Å². The standard InChI is InChI=1S/C16H22N2O3/c1-13(19)18-11-9-16(10-12-18,15(20)17(2)21-3)14-7-5-4-6-8-14/h4-8H,9-12H2,1-3H3. The SMILES string of the molecule is CON(C)C(=O)C1(c2ccccc2)CCN(C(C)=O)CC1. The van der Waals surface area contributed by atoms with Crippen LogP contribution in [0.25, 0.3) is 0 Å². The number of likely N-dealkylation sites (tertiary alicyclic amines) is 1. The Labute approximate surface area is 125 Å². The van der Waals surface area contributed by atoms with Crippen molar-refractivity contribution in [3.05, 3.63) is 35.9 Å². The zero-order valence-electron chi connectivity index (χ0n) is 12.8. The molecule has 0 aliphatic carbocycles. The van der Waals surface area contributed by atoms with E-state index in [9.17, 15) is 9.59 Å². The van der Waals surface area contributed by atoms with Crippen molar-refractivity contribution in [2.45, 2.75) is 25.2 Å². The van der Waals surface area contributed by atoms with Gasteiger partial charge in [0.1, 0.15) is 0 Å². The lowest BCUT2D eigenvalue weighted by atomic mass is 9.72. The van der Waals surface area contributed by atoms with Crippen LogP contribution in [0.2, 0.25) is 0 Å². The van der Waals surface area contributed by atoms with Gasteiger partial charge in [0.15, 0.2) is 0 Å². The highest BCUT2D eigenvalue weighted by molar-refractivity contribution is 5.88. The van der Waals surface area contributed by atoms with E-state index in [1.165, 1.54) is 12.2 Å². The second-order valence-electron chi connectivity index (χ2n) is 5.44. The molecule has 0 saturated carbocycles. The maximum absolute atomic E-state index is 12.8. The van der Waals surface area contributed by atoms with Crippen LogP contribution < -0.4 is 0 Å². The molecule has 1 aliphatic rings. The van der Waals surface area contributed by atoms with E-state index in [1.54, 1.807) is 18.9 Å². The summed E-state index contributed by atoms with van der Waals surface area (Å²) in [5.74, 6) is 0.00334. The number of carbonyl (C=O) groups excluding carboxylic acids is 2. The monoisotopic (exact) mass is 290 g/mol. The fourth-order valence-electron chi connectivity index (χ4n) is 2.97. The first kappa shape index (κ1) is 15.5. The van der Waals surface area contributed by atoms with E-state index in [0.717, 1.165) is 5.56 Å². The van der Waals surface area contributed by atoms with Crippen molar-refractivity contribution >= 4 is 11.8 Å². The molecule has 5 heteroatoms. The van der Waals surface area contributed by atoms with Crippen LogP contribution in [0.3, 0.4) is 0 Å². The first-order valence-electron chi connectivity index (χ1n) is 7.14. The van der Waals surface area contributed by atoms with Crippen molar-refractivity contribution in [2.75, 3.05) is 27.2 Å². The van der Waals surface area contributed by atoms with Crippen LogP contribution in [-0.4, -0.2) is 49.0 Å². The lowest BCUT2D eigenvalue weighted by Gasteiger charge is -2.42. The molecule has 1 heterocycles. The van der Waals surface area contributed by atoms with Crippen LogP contribution in [0, 0.1) is 0 Å². The average molecular weight is 290 g/mol. The summed E-state index contributed by atoms with van der Waals surface area (Å²) in [5, 5.41) is 1.29. The molecule has 0 aromatic heterocycles. The van der Waals surface area contributed by atoms with Gasteiger partial charge in [0.2, 0.25) is 5.91 Å². The Morgan fingerprint density at radius 3 is 2.24 bits per heavy atom. The molecule has 1 fully saturated rings. The molecule has 1 aromatic carbocycles. The van der Waals surface area contributed by atoms with E-state index >= 15 is 0 Å². The fourth-order valence-corrected chi connectivity index (χ4v) is 2.97. The molecule has 2 rings (SSSR count). The van der Waals surface area contributed by atoms with Gasteiger partial charge in [-0.1, -0.05) is 30.3 Å². The number of rotatable bonds is 3. The van der Waals surface area contributed by atoms with Gasteiger partial charge in [-0.05, 0) is 18.4 Å². The number of benzene rings is 1. The Kier molecular flexibility index (Phi) is 4.63. The van der Waals surface area contributed by atoms with Gasteiger partial charge in [0.05, 0.1) is 12.5 Å². The lowest BCUT2D eigenvalue weighted by molar-refractivity contribution is -0.177. The molecule has 5 nitrogen and oxygen atoms in total. The lowest BCUT2D eigenvalue weighted by Crippen LogP contribution is -2.52. The Morgan fingerprint density at radius 2 is 1.76 bits per heavy atom. The van der Waals surface area contributed by atoms with Crippen molar-refractivity contribution in [2.24, 2.45) is 0 Å². The van der Waals surface area contributed by atoms with Gasteiger partial charge >= 0.3 is 0 Å². The largest absolute Gasteiger partial charge is 0.343 e. The summed E-state index contributed by atoms with van der Waals surface area (Å²) in [5.41, 5.74) is 0.375. The fraction of sp³-hybridized carbons (Fsp3) is 0.500. The average Bonchev–Trinajstić information content (AvgIpc) is 2.54. The zero-order chi connectivity index (χ0) is 15.5. The molecule has 0 radical (unpaired) electrons. The molecule has 21 heavy (non-hydrogen) atoms. The summed E-state index contributed by atoms with van der Waals surface area (Å²) in [4.78, 5) is 31.2. The highest BCUT2D eigenvalue weighted by atomic mass is 16.7. The Balaban J connectivity index is 2.33. The molecule has 0 atom stereocenters. The number of piperidine rings is 1. The smallest absolute Gasteiger partial charge is 0.256 e. The minimum Gasteiger partial charge on any atom is -0.343 e. The third-order valence-electron chi connectivity index (χ3n) is 4.36. The van der Waals surface area contributed by atoms with Gasteiger partial charge < -0.3 is 4.90 Å². The van der Waals surface area contributed by atoms with Crippen molar-refractivity contribution < 1.29 is 14.4 Å². The third-order valence-corrected chi connectivity index (χ3v) is 4.36. The molecule has 2 amide bonds. The number of hydroxylamine groups is 2. The molecule has 1 saturated heterocycles. The number of hydrogen-bond acceptors (Lipinski definition) is 3. The summed E-state index contributed by atoms with van der Waals surface area (Å²) in [7, 11) is 3.12. The van der Waals surface area contributed by atoms with E-state index in [0.29, 0.717) is 25.9 Å². The first-order chi connectivity index (χ1) is 10.0. The summed E-state index contributed by atoms with van der Waals surface area (Å²) < 4.78 is 0. The van der Waals surface area contributed by atoms with Gasteiger partial charge in [-0.2, -0.15) is 0 Å². The normalized spacial score (nSPS) is 17.4. The second kappa shape index (κ2) is 6.26. The van der Waals surface area contributed by atoms with Crippen LogP contribution >= 0.6 is 0 Å². The first-order valence-corrected chi connectivity index (χ1v) is 7.14. The second-order valence-corrected chi connectivity index (χ2v) is 5.44. The van der Waals surface area contributed by atoms with E-state index in [-0.39, 0.29) is 11.8 Å². The van der Waals surface area contributed by atoms with Crippen molar-refractivity contribution in [1.82, 2.24) is 9.96 Å². The van der Waals surface area contributed by atoms with Crippen molar-refractivity contribution in [3.8, 4) is 0 Å². The number of nitrogens with zero attached hydrogens (tertiary/aromatic N) is 2. The minimum atomic E-state index is -0.613. The van der Waals surface area contributed by atoms with Gasteiger partial charge in [-0.3, -0.25) is 14.4 Å². The van der Waals surface area contributed by atoms with Crippen LogP contribution in [0.5, 0.6) is 0 Å². The Hall–Kier alpha value is -1.88. The summed E-state index contributed by atoms with van der Waals surface area (Å²) in [6.07, 6.45) is 1.23. The van der Waals surface area contributed by atoms with Crippen molar-refractivity contribution in [1.29, 1.82) is 0 Å². The van der Waals surface area contributed by atoms with Crippen LogP contribution in [0.1, 0.15) is 25.3 Å². The number of amides is 2. The topological polar surface area (TPSA) is 49.9 Å². The predicted octanol–water partition coefficient (Wildman–Crippen LogP) is 1.59. The molecular weight excluding hydrogens is 268 g/mol. The highest BCUT2D eigenvalue weighted by Crippen LogP contribution is 2.37. The molecule has 0 bridgehead atoms. The molecule has 0 unspecified atom stereocenters. The third kappa shape index (κ3) is 2.93. The maximum atomic E-state index is 12.8. The molecular formula is C16H22N2O3. The van der Waals surface area contributed by atoms with Crippen LogP contribution in [0.4, 0.5) is 0 Å². The molecule has 1 aliphatic heterocycles. The highest BCUT2D eigenvalue weighted by Gasteiger charge is 2.45. The van der Waals surface area contributed by atoms with Crippen LogP contribution in [0.15, 0.2) is 30.3 Å². The number of hydrogen-bond donors (Lipinski definition) is 0. The van der Waals surface area contributed by atoms with Crippen molar-refractivity contribution in [3.63, 3.8) is 0 Å². The number of likely N-dealkylation sites (N-methyl/N-ethyl adjacent to an activating group) is 1. The Bertz CT molecular complexity index is 508. The zero-order valence-corrected chi connectivity index (χ0v) is 12.8. The summed E-state index contributed by atoms with van der Waals surface area (Å²) in [6.45, 7) is 2.75. The summed E-state index contributed by atoms with van der Waals surface area (Å²) in [6, 6.07) is 9.77. The Morgan fingerprint density at radius 1 is 1.19 bits per heavy atom. The summed E-state index contributed by atoms with van der Waals surface area (Å²) >= 11 is 0. The number of carbonyl (C=O) groups is 2. The molecule has 0 spiro atoms. The van der Waals surface area contributed by atoms with E-state index < -0.39 is 5.41 Å². The van der Waals surface area contributed by atoms with Gasteiger partial charge in [0, 0.05) is 27.1 Å². The van der Waals surface area contributed by atoms with Gasteiger partial charge in [-0.15, -0.1) is 0 Å². The molecule has 114 valence electrons. The van der Waals surface area contributed by atoms with Gasteiger partial charge in [-0.25, -0.2) is 5.06 Å². The van der Waals surface area contributed by atoms with E-state index in [1.807, 2.05) is 30.3 Å². The van der Waals surface area contributed by atoms with E-state index in [2.05, 4.69) is 0 Å². The van der Waals surface area contributed by atoms with Gasteiger partial charge in [0.25, 0.3) is 5.91 Å².